The van der Waals surface area contributed by atoms with Gasteiger partial charge < -0.3 is 4.98 Å². The molecule has 0 spiro atoms. The van der Waals surface area contributed by atoms with Gasteiger partial charge in [-0.3, -0.25) is 19.1 Å². The van der Waals surface area contributed by atoms with Crippen LogP contribution in [0.3, 0.4) is 0 Å². The third-order valence-corrected chi connectivity index (χ3v) is 2.93. The van der Waals surface area contributed by atoms with Crippen molar-refractivity contribution in [1.29, 1.82) is 0 Å². The molecule has 0 atom stereocenters. The monoisotopic (exact) mass is 253 g/mol. The Kier molecular flexibility index (Phi) is 2.72. The van der Waals surface area contributed by atoms with Gasteiger partial charge in [-0.1, -0.05) is 18.2 Å². The van der Waals surface area contributed by atoms with Crippen LogP contribution < -0.4 is 11.1 Å². The van der Waals surface area contributed by atoms with Gasteiger partial charge in [0.2, 0.25) is 0 Å². The molecule has 0 bridgehead atoms. The maximum Gasteiger partial charge on any atom is 0.317 e. The minimum Gasteiger partial charge on any atom is -0.316 e. The van der Waals surface area contributed by atoms with E-state index in [0.29, 0.717) is 11.0 Å². The fraction of sp³-hybridized carbons (Fsp3) is 0.0714. The Morgan fingerprint density at radius 3 is 2.63 bits per heavy atom. The number of aromatic amines is 1. The van der Waals surface area contributed by atoms with Gasteiger partial charge in [0.05, 0.1) is 23.3 Å². The number of H-pyrrole nitrogens is 1. The van der Waals surface area contributed by atoms with Crippen LogP contribution in [0.1, 0.15) is 5.69 Å². The molecule has 0 amide bonds. The summed E-state index contributed by atoms with van der Waals surface area (Å²) >= 11 is 0. The van der Waals surface area contributed by atoms with Crippen molar-refractivity contribution in [3.63, 3.8) is 0 Å². The predicted octanol–water partition coefficient (Wildman–Crippen LogP) is 1.13. The molecular formula is C14H11N3O2. The lowest BCUT2D eigenvalue weighted by Gasteiger charge is -2.08. The number of fused-ring (bicyclic) bond motifs is 1. The van der Waals surface area contributed by atoms with Gasteiger partial charge >= 0.3 is 11.1 Å². The highest BCUT2D eigenvalue weighted by atomic mass is 16.2. The molecule has 0 aliphatic carbocycles. The summed E-state index contributed by atoms with van der Waals surface area (Å²) in [7, 11) is 0. The van der Waals surface area contributed by atoms with Crippen LogP contribution in [-0.4, -0.2) is 14.5 Å². The van der Waals surface area contributed by atoms with E-state index in [1.165, 1.54) is 4.57 Å². The summed E-state index contributed by atoms with van der Waals surface area (Å²) in [4.78, 5) is 30.4. The smallest absolute Gasteiger partial charge is 0.316 e. The van der Waals surface area contributed by atoms with Gasteiger partial charge in [-0.2, -0.15) is 0 Å². The zero-order valence-corrected chi connectivity index (χ0v) is 10.0. The van der Waals surface area contributed by atoms with E-state index in [1.807, 2.05) is 30.3 Å². The Hall–Kier alpha value is -2.69. The summed E-state index contributed by atoms with van der Waals surface area (Å²) in [6.07, 6.45) is 1.66. The normalized spacial score (nSPS) is 10.7. The molecule has 5 heteroatoms. The highest BCUT2D eigenvalue weighted by Gasteiger charge is 2.07. The summed E-state index contributed by atoms with van der Waals surface area (Å²) < 4.78 is 1.44. The van der Waals surface area contributed by atoms with E-state index < -0.39 is 11.1 Å². The van der Waals surface area contributed by atoms with E-state index in [4.69, 9.17) is 0 Å². The Labute approximate surface area is 108 Å². The van der Waals surface area contributed by atoms with Crippen LogP contribution in [0, 0.1) is 0 Å². The van der Waals surface area contributed by atoms with E-state index >= 15 is 0 Å². The van der Waals surface area contributed by atoms with Crippen LogP contribution in [0.25, 0.3) is 11.0 Å². The fourth-order valence-corrected chi connectivity index (χ4v) is 2.03. The molecule has 0 saturated carbocycles. The first-order chi connectivity index (χ1) is 9.25. The molecule has 0 unspecified atom stereocenters. The molecule has 1 N–H and O–H groups in total. The van der Waals surface area contributed by atoms with Crippen LogP contribution in [0.5, 0.6) is 0 Å². The van der Waals surface area contributed by atoms with Crippen molar-refractivity contribution in [2.45, 2.75) is 6.54 Å². The van der Waals surface area contributed by atoms with Crippen molar-refractivity contribution in [3.8, 4) is 0 Å². The number of nitrogens with one attached hydrogen (secondary N) is 1. The van der Waals surface area contributed by atoms with Gasteiger partial charge in [0.1, 0.15) is 0 Å². The predicted molar refractivity (Wildman–Crippen MR) is 72.2 cm³/mol. The topological polar surface area (TPSA) is 67.8 Å². The second kappa shape index (κ2) is 4.53. The molecule has 0 radical (unpaired) electrons. The largest absolute Gasteiger partial charge is 0.317 e. The molecule has 0 aliphatic rings. The maximum atomic E-state index is 12.0. The summed E-state index contributed by atoms with van der Waals surface area (Å²) in [5.74, 6) is 0. The summed E-state index contributed by atoms with van der Waals surface area (Å²) in [6, 6.07) is 12.7. The van der Waals surface area contributed by atoms with Crippen molar-refractivity contribution < 1.29 is 0 Å². The van der Waals surface area contributed by atoms with Gasteiger partial charge in [-0.15, -0.1) is 0 Å². The molecule has 94 valence electrons. The summed E-state index contributed by atoms with van der Waals surface area (Å²) in [5.41, 5.74) is 0.889. The SMILES string of the molecule is O=c1[nH]c2ccccc2n(Cc2ccccn2)c1=O. The Bertz CT molecular complexity index is 834. The Morgan fingerprint density at radius 2 is 1.84 bits per heavy atom. The van der Waals surface area contributed by atoms with E-state index in [9.17, 15) is 9.59 Å². The molecule has 0 fully saturated rings. The second-order valence-electron chi connectivity index (χ2n) is 4.18. The van der Waals surface area contributed by atoms with Crippen LogP contribution in [0.2, 0.25) is 0 Å². The van der Waals surface area contributed by atoms with Gasteiger partial charge in [0, 0.05) is 6.20 Å². The molecule has 3 rings (SSSR count). The zero-order valence-electron chi connectivity index (χ0n) is 10.0. The number of para-hydroxylation sites is 2. The Balaban J connectivity index is 2.25. The lowest BCUT2D eigenvalue weighted by atomic mass is 10.2. The highest BCUT2D eigenvalue weighted by Crippen LogP contribution is 2.08. The third-order valence-electron chi connectivity index (χ3n) is 2.93. The van der Waals surface area contributed by atoms with Gasteiger partial charge in [0.25, 0.3) is 0 Å². The van der Waals surface area contributed by atoms with Crippen LogP contribution in [0.15, 0.2) is 58.3 Å². The molecule has 0 saturated heterocycles. The third kappa shape index (κ3) is 2.06. The van der Waals surface area contributed by atoms with Crippen LogP contribution >= 0.6 is 0 Å². The minimum atomic E-state index is -0.616. The number of aromatic nitrogens is 3. The second-order valence-corrected chi connectivity index (χ2v) is 4.18. The number of rotatable bonds is 2. The highest BCUT2D eigenvalue weighted by molar-refractivity contribution is 5.74. The Morgan fingerprint density at radius 1 is 1.05 bits per heavy atom. The van der Waals surface area contributed by atoms with Crippen LogP contribution in [0.4, 0.5) is 0 Å². The van der Waals surface area contributed by atoms with Gasteiger partial charge in [0.15, 0.2) is 0 Å². The number of pyridine rings is 1. The zero-order chi connectivity index (χ0) is 13.2. The van der Waals surface area contributed by atoms with E-state index in [1.54, 1.807) is 18.3 Å². The van der Waals surface area contributed by atoms with Gasteiger partial charge in [-0.25, -0.2) is 0 Å². The average Bonchev–Trinajstić information content (AvgIpc) is 2.45. The molecule has 2 aromatic heterocycles. The van der Waals surface area contributed by atoms with Gasteiger partial charge in [-0.05, 0) is 24.3 Å². The number of nitrogens with zero attached hydrogens (tertiary/aromatic N) is 2. The fourth-order valence-electron chi connectivity index (χ4n) is 2.03. The van der Waals surface area contributed by atoms with Crippen molar-refractivity contribution >= 4 is 11.0 Å². The van der Waals surface area contributed by atoms with Crippen molar-refractivity contribution in [1.82, 2.24) is 14.5 Å². The molecular weight excluding hydrogens is 242 g/mol. The number of hydrogen-bond donors (Lipinski definition) is 1. The minimum absolute atomic E-state index is 0.282. The lowest BCUT2D eigenvalue weighted by Crippen LogP contribution is -2.36. The first-order valence-corrected chi connectivity index (χ1v) is 5.87. The van der Waals surface area contributed by atoms with Crippen molar-refractivity contribution in [2.24, 2.45) is 0 Å². The van der Waals surface area contributed by atoms with Crippen LogP contribution in [-0.2, 0) is 6.54 Å². The standard InChI is InChI=1S/C14H11N3O2/c18-13-14(19)17(9-10-5-3-4-8-15-10)12-7-2-1-6-11(12)16-13/h1-8H,9H2,(H,16,18). The molecule has 0 aliphatic heterocycles. The first-order valence-electron chi connectivity index (χ1n) is 5.87. The number of hydrogen-bond acceptors (Lipinski definition) is 3. The first kappa shape index (κ1) is 11.4. The molecule has 3 aromatic rings. The molecule has 19 heavy (non-hydrogen) atoms. The van der Waals surface area contributed by atoms with Crippen molar-refractivity contribution in [2.75, 3.05) is 0 Å². The number of benzene rings is 1. The van der Waals surface area contributed by atoms with E-state index in [2.05, 4.69) is 9.97 Å². The lowest BCUT2D eigenvalue weighted by molar-refractivity contribution is 0.756. The molecule has 5 nitrogen and oxygen atoms in total. The maximum absolute atomic E-state index is 12.0. The quantitative estimate of drug-likeness (QED) is 0.696. The van der Waals surface area contributed by atoms with E-state index in [0.717, 1.165) is 5.69 Å². The average molecular weight is 253 g/mol. The van der Waals surface area contributed by atoms with Crippen molar-refractivity contribution in [3.05, 3.63) is 75.1 Å². The molecule has 2 heterocycles. The van der Waals surface area contributed by atoms with E-state index in [-0.39, 0.29) is 6.54 Å². The summed E-state index contributed by atoms with van der Waals surface area (Å²) in [6.45, 7) is 0.282. The molecule has 1 aromatic carbocycles. The summed E-state index contributed by atoms with van der Waals surface area (Å²) in [5, 5.41) is 0.